The number of nitrogens with two attached hydrogens (primary N) is 1. The third kappa shape index (κ3) is 3.81. The molecule has 160 valence electrons. The lowest BCUT2D eigenvalue weighted by atomic mass is 10.1. The minimum absolute atomic E-state index is 0.239. The third-order valence-corrected chi connectivity index (χ3v) is 6.07. The third-order valence-electron chi connectivity index (χ3n) is 6.07. The zero-order chi connectivity index (χ0) is 21.5. The Bertz CT molecular complexity index is 1250. The van der Waals surface area contributed by atoms with Crippen LogP contribution in [0.4, 0.5) is 0 Å². The first-order valence-corrected chi connectivity index (χ1v) is 10.5. The molecule has 1 fully saturated rings. The number of carbonyl (C=O) groups excluding carboxylic acids is 1. The van der Waals surface area contributed by atoms with Gasteiger partial charge >= 0.3 is 0 Å². The normalized spacial score (nSPS) is 15.7. The monoisotopic (exact) mass is 417 g/mol. The first-order chi connectivity index (χ1) is 15.0. The van der Waals surface area contributed by atoms with Gasteiger partial charge in [-0.2, -0.15) is 5.10 Å². The molecule has 0 unspecified atom stereocenters. The number of benzene rings is 2. The van der Waals surface area contributed by atoms with Crippen LogP contribution in [-0.4, -0.2) is 76.2 Å². The predicted octanol–water partition coefficient (Wildman–Crippen LogP) is 2.40. The van der Waals surface area contributed by atoms with Crippen LogP contribution in [-0.2, 0) is 6.54 Å². The highest BCUT2D eigenvalue weighted by Crippen LogP contribution is 2.30. The summed E-state index contributed by atoms with van der Waals surface area (Å²) in [5.74, 6) is 5.34. The molecule has 0 bridgehead atoms. The van der Waals surface area contributed by atoms with Crippen molar-refractivity contribution < 1.29 is 4.79 Å². The van der Waals surface area contributed by atoms with Crippen LogP contribution in [0.25, 0.3) is 33.2 Å². The number of piperazine rings is 1. The van der Waals surface area contributed by atoms with Crippen LogP contribution < -0.4 is 5.84 Å². The number of nitrogens with zero attached hydrogens (tertiary/aromatic N) is 4. The molecule has 0 aliphatic carbocycles. The van der Waals surface area contributed by atoms with Crippen molar-refractivity contribution in [2.75, 3.05) is 40.3 Å². The Balaban J connectivity index is 1.42. The molecule has 0 radical (unpaired) electrons. The molecule has 1 saturated heterocycles. The first-order valence-electron chi connectivity index (χ1n) is 10.5. The van der Waals surface area contributed by atoms with Gasteiger partial charge in [0.2, 0.25) is 0 Å². The summed E-state index contributed by atoms with van der Waals surface area (Å²) in [5.41, 5.74) is 5.53. The van der Waals surface area contributed by atoms with E-state index in [0.717, 1.165) is 65.5 Å². The molecular weight excluding hydrogens is 390 g/mol. The average Bonchev–Trinajstić information content (AvgIpc) is 3.37. The van der Waals surface area contributed by atoms with Crippen LogP contribution in [0.1, 0.15) is 15.9 Å². The Labute approximate surface area is 180 Å². The van der Waals surface area contributed by atoms with Crippen LogP contribution in [0.3, 0.4) is 0 Å². The van der Waals surface area contributed by atoms with Gasteiger partial charge in [0, 0.05) is 61.6 Å². The van der Waals surface area contributed by atoms with E-state index in [2.05, 4.69) is 56.3 Å². The van der Waals surface area contributed by atoms with Crippen LogP contribution >= 0.6 is 0 Å². The fraction of sp³-hybridized carbons (Fsp3) is 0.304. The number of amides is 1. The summed E-state index contributed by atoms with van der Waals surface area (Å²) >= 11 is 0. The summed E-state index contributed by atoms with van der Waals surface area (Å²) in [7, 11) is 3.71. The van der Waals surface area contributed by atoms with Crippen molar-refractivity contribution in [1.29, 1.82) is 0 Å². The fourth-order valence-corrected chi connectivity index (χ4v) is 4.23. The van der Waals surface area contributed by atoms with E-state index in [1.165, 1.54) is 18.0 Å². The number of aromatic amines is 2. The number of likely N-dealkylation sites (N-methyl/N-ethyl adjacent to an activating group) is 1. The second-order valence-corrected chi connectivity index (χ2v) is 8.43. The lowest BCUT2D eigenvalue weighted by Gasteiger charge is -2.32. The van der Waals surface area contributed by atoms with E-state index < -0.39 is 0 Å². The van der Waals surface area contributed by atoms with Crippen molar-refractivity contribution in [1.82, 2.24) is 30.0 Å². The van der Waals surface area contributed by atoms with Crippen molar-refractivity contribution in [2.24, 2.45) is 5.84 Å². The van der Waals surface area contributed by atoms with Crippen molar-refractivity contribution in [3.63, 3.8) is 0 Å². The summed E-state index contributed by atoms with van der Waals surface area (Å²) in [6.45, 7) is 5.44. The molecule has 1 aliphatic rings. The average molecular weight is 418 g/mol. The Morgan fingerprint density at radius 1 is 1.10 bits per heavy atom. The highest BCUT2D eigenvalue weighted by Gasteiger charge is 2.16. The zero-order valence-corrected chi connectivity index (χ0v) is 17.9. The van der Waals surface area contributed by atoms with Gasteiger partial charge in [-0.3, -0.25) is 19.8 Å². The molecule has 2 aromatic carbocycles. The summed E-state index contributed by atoms with van der Waals surface area (Å²) < 4.78 is 0. The number of rotatable bonds is 4. The van der Waals surface area contributed by atoms with Crippen LogP contribution in [0.15, 0.2) is 42.5 Å². The van der Waals surface area contributed by atoms with E-state index in [9.17, 15) is 4.79 Å². The van der Waals surface area contributed by atoms with Crippen molar-refractivity contribution >= 4 is 27.7 Å². The van der Waals surface area contributed by atoms with Gasteiger partial charge in [0.1, 0.15) is 5.69 Å². The molecule has 0 spiro atoms. The number of nitrogens with one attached hydrogen (secondary N) is 2. The number of fused-ring (bicyclic) bond motifs is 2. The van der Waals surface area contributed by atoms with Crippen LogP contribution in [0.5, 0.6) is 0 Å². The molecule has 5 rings (SSSR count). The second kappa shape index (κ2) is 7.81. The standard InChI is InChI=1S/C23H27N7O/c1-28-7-9-30(10-8-28)14-15-3-6-19-17(11-15)13-21(25-19)22-18-5-4-16(23(31)29(2)24)12-20(18)26-27-22/h3-6,11-13,25H,7-10,14,24H2,1-2H3,(H,26,27). The maximum absolute atomic E-state index is 12.1. The fourth-order valence-electron chi connectivity index (χ4n) is 4.23. The number of aromatic nitrogens is 3. The molecule has 1 aliphatic heterocycles. The predicted molar refractivity (Wildman–Crippen MR) is 122 cm³/mol. The Hall–Kier alpha value is -3.20. The summed E-state index contributed by atoms with van der Waals surface area (Å²) in [6.07, 6.45) is 0. The van der Waals surface area contributed by atoms with Gasteiger partial charge in [0.25, 0.3) is 5.91 Å². The SMILES string of the molecule is CN1CCN(Cc2ccc3[nH]c(-c4n[nH]c5cc(C(=O)N(C)N)ccc45)cc3c2)CC1. The highest BCUT2D eigenvalue weighted by atomic mass is 16.2. The molecular formula is C23H27N7O. The Morgan fingerprint density at radius 3 is 2.68 bits per heavy atom. The van der Waals surface area contributed by atoms with Crippen molar-refractivity contribution in [3.8, 4) is 11.4 Å². The smallest absolute Gasteiger partial charge is 0.267 e. The Morgan fingerprint density at radius 2 is 1.90 bits per heavy atom. The molecule has 2 aromatic heterocycles. The van der Waals surface area contributed by atoms with Gasteiger partial charge in [0.05, 0.1) is 11.2 Å². The molecule has 8 nitrogen and oxygen atoms in total. The molecule has 4 N–H and O–H groups in total. The van der Waals surface area contributed by atoms with Gasteiger partial charge in [-0.1, -0.05) is 6.07 Å². The summed E-state index contributed by atoms with van der Waals surface area (Å²) in [4.78, 5) is 20.5. The molecule has 0 atom stereocenters. The minimum atomic E-state index is -0.239. The topological polar surface area (TPSA) is 97.3 Å². The van der Waals surface area contributed by atoms with E-state index in [1.54, 1.807) is 12.1 Å². The van der Waals surface area contributed by atoms with E-state index in [-0.39, 0.29) is 5.91 Å². The van der Waals surface area contributed by atoms with E-state index >= 15 is 0 Å². The lowest BCUT2D eigenvalue weighted by molar-refractivity contribution is 0.0795. The number of hydrogen-bond donors (Lipinski definition) is 3. The van der Waals surface area contributed by atoms with Crippen LogP contribution in [0, 0.1) is 0 Å². The summed E-state index contributed by atoms with van der Waals surface area (Å²) in [6, 6.07) is 14.2. The zero-order valence-electron chi connectivity index (χ0n) is 17.9. The highest BCUT2D eigenvalue weighted by molar-refractivity contribution is 6.01. The largest absolute Gasteiger partial charge is 0.353 e. The molecule has 31 heavy (non-hydrogen) atoms. The van der Waals surface area contributed by atoms with E-state index in [4.69, 9.17) is 5.84 Å². The van der Waals surface area contributed by atoms with Gasteiger partial charge in [-0.25, -0.2) is 5.84 Å². The first kappa shape index (κ1) is 19.7. The molecule has 1 amide bonds. The molecule has 0 saturated carbocycles. The lowest BCUT2D eigenvalue weighted by Crippen LogP contribution is -2.43. The quantitative estimate of drug-likeness (QED) is 0.269. The number of H-pyrrole nitrogens is 2. The summed E-state index contributed by atoms with van der Waals surface area (Å²) in [5, 5.41) is 10.8. The molecule has 4 aromatic rings. The second-order valence-electron chi connectivity index (χ2n) is 8.43. The van der Waals surface area contributed by atoms with Gasteiger partial charge in [-0.05, 0) is 49.0 Å². The minimum Gasteiger partial charge on any atom is -0.353 e. The van der Waals surface area contributed by atoms with Crippen molar-refractivity contribution in [2.45, 2.75) is 6.54 Å². The van der Waals surface area contributed by atoms with Gasteiger partial charge in [-0.15, -0.1) is 0 Å². The maximum Gasteiger partial charge on any atom is 0.267 e. The Kier molecular flexibility index (Phi) is 4.97. The van der Waals surface area contributed by atoms with E-state index in [0.29, 0.717) is 5.56 Å². The molecule has 8 heteroatoms. The number of carbonyl (C=O) groups is 1. The van der Waals surface area contributed by atoms with Crippen molar-refractivity contribution in [3.05, 3.63) is 53.6 Å². The number of hydrazine groups is 1. The van der Waals surface area contributed by atoms with E-state index in [1.807, 2.05) is 6.07 Å². The van der Waals surface area contributed by atoms with Gasteiger partial charge in [0.15, 0.2) is 0 Å². The molecule has 3 heterocycles. The van der Waals surface area contributed by atoms with Crippen LogP contribution in [0.2, 0.25) is 0 Å². The number of hydrogen-bond acceptors (Lipinski definition) is 5. The van der Waals surface area contributed by atoms with Gasteiger partial charge < -0.3 is 9.88 Å². The maximum atomic E-state index is 12.1.